The number of benzene rings is 1. The van der Waals surface area contributed by atoms with Crippen molar-refractivity contribution < 1.29 is 4.79 Å². The molecule has 0 saturated heterocycles. The number of primary amides is 1. The molecule has 1 amide bonds. The van der Waals surface area contributed by atoms with Crippen LogP contribution in [0.15, 0.2) is 22.0 Å². The average Bonchev–Trinajstić information content (AvgIpc) is 2.48. The van der Waals surface area contributed by atoms with E-state index in [4.69, 9.17) is 17.3 Å². The van der Waals surface area contributed by atoms with E-state index in [0.29, 0.717) is 10.6 Å². The Morgan fingerprint density at radius 3 is 2.86 bits per heavy atom. The minimum absolute atomic E-state index is 0.432. The van der Waals surface area contributed by atoms with E-state index in [1.807, 2.05) is 5.38 Å². The Bertz CT molecular complexity index is 523. The highest BCUT2D eigenvalue weighted by Crippen LogP contribution is 2.35. The van der Waals surface area contributed by atoms with Crippen LogP contribution in [-0.2, 0) is 0 Å². The van der Waals surface area contributed by atoms with Gasteiger partial charge >= 0.3 is 0 Å². The van der Waals surface area contributed by atoms with Crippen molar-refractivity contribution in [3.8, 4) is 0 Å². The summed E-state index contributed by atoms with van der Waals surface area (Å²) in [6.07, 6.45) is 0. The third kappa shape index (κ3) is 1.54. The van der Waals surface area contributed by atoms with Gasteiger partial charge < -0.3 is 5.73 Å². The number of hydrogen-bond donors (Lipinski definition) is 1. The average molecular weight is 291 g/mol. The lowest BCUT2D eigenvalue weighted by molar-refractivity contribution is 0.100. The monoisotopic (exact) mass is 289 g/mol. The Labute approximate surface area is 97.8 Å². The molecule has 0 spiro atoms. The van der Waals surface area contributed by atoms with Crippen molar-refractivity contribution in [1.29, 1.82) is 0 Å². The van der Waals surface area contributed by atoms with Crippen LogP contribution >= 0.6 is 38.9 Å². The number of halogens is 2. The van der Waals surface area contributed by atoms with Crippen LogP contribution < -0.4 is 5.73 Å². The fourth-order valence-electron chi connectivity index (χ4n) is 1.21. The first-order valence-corrected chi connectivity index (χ1v) is 5.80. The van der Waals surface area contributed by atoms with Gasteiger partial charge in [-0.1, -0.05) is 11.6 Å². The second kappa shape index (κ2) is 3.53. The molecule has 2 rings (SSSR count). The molecule has 14 heavy (non-hydrogen) atoms. The predicted molar refractivity (Wildman–Crippen MR) is 63.1 cm³/mol. The van der Waals surface area contributed by atoms with E-state index < -0.39 is 5.91 Å². The van der Waals surface area contributed by atoms with Gasteiger partial charge in [0.1, 0.15) is 0 Å². The minimum Gasteiger partial charge on any atom is -0.366 e. The maximum Gasteiger partial charge on any atom is 0.248 e. The lowest BCUT2D eigenvalue weighted by Gasteiger charge is -1.98. The highest BCUT2D eigenvalue weighted by atomic mass is 79.9. The molecule has 1 heterocycles. The van der Waals surface area contributed by atoms with Crippen molar-refractivity contribution in [3.05, 3.63) is 32.6 Å². The summed E-state index contributed by atoms with van der Waals surface area (Å²) in [4.78, 5) is 11.0. The van der Waals surface area contributed by atoms with Gasteiger partial charge in [0.25, 0.3) is 0 Å². The Kier molecular flexibility index (Phi) is 2.51. The molecule has 0 atom stereocenters. The smallest absolute Gasteiger partial charge is 0.248 e. The van der Waals surface area contributed by atoms with E-state index in [9.17, 15) is 4.79 Å². The van der Waals surface area contributed by atoms with E-state index in [-0.39, 0.29) is 0 Å². The van der Waals surface area contributed by atoms with E-state index >= 15 is 0 Å². The third-order valence-corrected chi connectivity index (χ3v) is 4.26. The summed E-state index contributed by atoms with van der Waals surface area (Å²) in [6.45, 7) is 0. The van der Waals surface area contributed by atoms with Gasteiger partial charge in [0.15, 0.2) is 0 Å². The fourth-order valence-corrected chi connectivity index (χ4v) is 3.10. The van der Waals surface area contributed by atoms with Gasteiger partial charge in [-0.25, -0.2) is 0 Å². The molecule has 1 aromatic carbocycles. The van der Waals surface area contributed by atoms with Gasteiger partial charge in [-0.15, -0.1) is 11.3 Å². The number of hydrogen-bond acceptors (Lipinski definition) is 2. The third-order valence-electron chi connectivity index (χ3n) is 1.87. The molecule has 2 N–H and O–H groups in total. The van der Waals surface area contributed by atoms with Crippen LogP contribution in [0.4, 0.5) is 0 Å². The molecule has 0 unspecified atom stereocenters. The van der Waals surface area contributed by atoms with Gasteiger partial charge in [0.05, 0.1) is 9.72 Å². The number of carbonyl (C=O) groups excluding carboxylic acids is 1. The van der Waals surface area contributed by atoms with Crippen molar-refractivity contribution in [1.82, 2.24) is 0 Å². The first-order valence-electron chi connectivity index (χ1n) is 3.75. The van der Waals surface area contributed by atoms with E-state index in [1.165, 1.54) is 11.3 Å². The van der Waals surface area contributed by atoms with Crippen molar-refractivity contribution >= 4 is 54.9 Å². The van der Waals surface area contributed by atoms with Gasteiger partial charge in [-0.05, 0) is 28.1 Å². The summed E-state index contributed by atoms with van der Waals surface area (Å²) in [6, 6.07) is 3.33. The standard InChI is InChI=1S/C9H5BrClNOS/c10-6-3-14-8-5(6)1-4(9(12)13)2-7(8)11/h1-3H,(H2,12,13). The first-order chi connectivity index (χ1) is 6.59. The Balaban J connectivity index is 2.82. The largest absolute Gasteiger partial charge is 0.366 e. The molecule has 2 aromatic rings. The quantitative estimate of drug-likeness (QED) is 0.859. The van der Waals surface area contributed by atoms with Crippen LogP contribution in [-0.4, -0.2) is 5.91 Å². The summed E-state index contributed by atoms with van der Waals surface area (Å²) < 4.78 is 1.89. The molecule has 0 fully saturated rings. The normalized spacial score (nSPS) is 10.7. The number of thiophene rings is 1. The molecular weight excluding hydrogens is 286 g/mol. The minimum atomic E-state index is -0.466. The summed E-state index contributed by atoms with van der Waals surface area (Å²) in [5.74, 6) is -0.466. The lowest BCUT2D eigenvalue weighted by Crippen LogP contribution is -2.10. The Morgan fingerprint density at radius 1 is 1.50 bits per heavy atom. The van der Waals surface area contributed by atoms with Crippen LogP contribution in [0, 0.1) is 0 Å². The summed E-state index contributed by atoms with van der Waals surface area (Å²) in [5, 5.41) is 3.42. The van der Waals surface area contributed by atoms with Crippen molar-refractivity contribution in [2.45, 2.75) is 0 Å². The van der Waals surface area contributed by atoms with Crippen molar-refractivity contribution in [2.75, 3.05) is 0 Å². The number of rotatable bonds is 1. The molecule has 0 radical (unpaired) electrons. The highest BCUT2D eigenvalue weighted by molar-refractivity contribution is 9.10. The molecule has 0 aliphatic heterocycles. The topological polar surface area (TPSA) is 43.1 Å². The molecule has 1 aromatic heterocycles. The second-order valence-electron chi connectivity index (χ2n) is 2.78. The van der Waals surface area contributed by atoms with E-state index in [2.05, 4.69) is 15.9 Å². The van der Waals surface area contributed by atoms with Gasteiger partial charge in [-0.3, -0.25) is 4.79 Å². The molecule has 0 bridgehead atoms. The van der Waals surface area contributed by atoms with Gasteiger partial charge in [-0.2, -0.15) is 0 Å². The summed E-state index contributed by atoms with van der Waals surface area (Å²) in [5.41, 5.74) is 5.62. The predicted octanol–water partition coefficient (Wildman–Crippen LogP) is 3.42. The Morgan fingerprint density at radius 2 is 2.21 bits per heavy atom. The van der Waals surface area contributed by atoms with Gasteiger partial charge in [0, 0.05) is 20.8 Å². The molecule has 72 valence electrons. The molecule has 2 nitrogen and oxygen atoms in total. The zero-order valence-electron chi connectivity index (χ0n) is 6.88. The van der Waals surface area contributed by atoms with Crippen molar-refractivity contribution in [2.24, 2.45) is 5.73 Å². The second-order valence-corrected chi connectivity index (χ2v) is 4.92. The molecular formula is C9H5BrClNOS. The Hall–Kier alpha value is -0.580. The molecule has 0 aliphatic carbocycles. The van der Waals surface area contributed by atoms with Crippen LogP contribution in [0.2, 0.25) is 5.02 Å². The van der Waals surface area contributed by atoms with E-state index in [0.717, 1.165) is 14.6 Å². The SMILES string of the molecule is NC(=O)c1cc(Cl)c2scc(Br)c2c1. The van der Waals surface area contributed by atoms with E-state index in [1.54, 1.807) is 12.1 Å². The van der Waals surface area contributed by atoms with Crippen LogP contribution in [0.5, 0.6) is 0 Å². The zero-order valence-corrected chi connectivity index (χ0v) is 10.0. The first kappa shape index (κ1) is 9.96. The summed E-state index contributed by atoms with van der Waals surface area (Å²) >= 11 is 10.9. The van der Waals surface area contributed by atoms with Crippen LogP contribution in [0.3, 0.4) is 0 Å². The molecule has 5 heteroatoms. The van der Waals surface area contributed by atoms with Crippen LogP contribution in [0.25, 0.3) is 10.1 Å². The number of carbonyl (C=O) groups is 1. The maximum absolute atomic E-state index is 11.0. The molecule has 0 aliphatic rings. The lowest BCUT2D eigenvalue weighted by atomic mass is 10.1. The van der Waals surface area contributed by atoms with Crippen molar-refractivity contribution in [3.63, 3.8) is 0 Å². The maximum atomic E-state index is 11.0. The highest BCUT2D eigenvalue weighted by Gasteiger charge is 2.09. The van der Waals surface area contributed by atoms with Gasteiger partial charge in [0.2, 0.25) is 5.91 Å². The number of amides is 1. The number of fused-ring (bicyclic) bond motifs is 1. The number of nitrogens with two attached hydrogens (primary N) is 1. The fraction of sp³-hybridized carbons (Fsp3) is 0. The zero-order chi connectivity index (χ0) is 10.3. The molecule has 0 saturated carbocycles. The van der Waals surface area contributed by atoms with Crippen LogP contribution in [0.1, 0.15) is 10.4 Å². The summed E-state index contributed by atoms with van der Waals surface area (Å²) in [7, 11) is 0.